The molecule has 3 heteroatoms. The second-order valence-electron chi connectivity index (χ2n) is 3.78. The SMILES string of the molecule is Fc1cccc(CC2CCNC2)c1Br. The van der Waals surface area contributed by atoms with E-state index in [1.807, 2.05) is 6.07 Å². The fraction of sp³-hybridized carbons (Fsp3) is 0.455. The maximum absolute atomic E-state index is 13.2. The molecule has 0 bridgehead atoms. The largest absolute Gasteiger partial charge is 0.316 e. The Bertz CT molecular complexity index is 321. The molecular formula is C11H13BrFN. The number of rotatable bonds is 2. The van der Waals surface area contributed by atoms with E-state index in [0.717, 1.165) is 25.1 Å². The number of hydrogen-bond donors (Lipinski definition) is 1. The van der Waals surface area contributed by atoms with Gasteiger partial charge < -0.3 is 5.32 Å². The fourth-order valence-corrected chi connectivity index (χ4v) is 2.33. The Morgan fingerprint density at radius 2 is 2.36 bits per heavy atom. The summed E-state index contributed by atoms with van der Waals surface area (Å²) < 4.78 is 13.8. The summed E-state index contributed by atoms with van der Waals surface area (Å²) in [5.74, 6) is 0.501. The molecule has 0 saturated carbocycles. The minimum Gasteiger partial charge on any atom is -0.316 e. The first-order chi connectivity index (χ1) is 6.77. The molecule has 1 unspecified atom stereocenters. The van der Waals surface area contributed by atoms with Crippen LogP contribution in [-0.4, -0.2) is 13.1 Å². The predicted octanol–water partition coefficient (Wildman–Crippen LogP) is 2.74. The predicted molar refractivity (Wildman–Crippen MR) is 58.8 cm³/mol. The molecule has 14 heavy (non-hydrogen) atoms. The van der Waals surface area contributed by atoms with Crippen LogP contribution in [0.15, 0.2) is 22.7 Å². The van der Waals surface area contributed by atoms with Crippen LogP contribution >= 0.6 is 15.9 Å². The molecule has 1 aromatic carbocycles. The summed E-state index contributed by atoms with van der Waals surface area (Å²) in [5, 5.41) is 3.32. The standard InChI is InChI=1S/C11H13BrFN/c12-11-9(2-1-3-10(11)13)6-8-4-5-14-7-8/h1-3,8,14H,4-7H2. The molecule has 0 aromatic heterocycles. The van der Waals surface area contributed by atoms with Gasteiger partial charge in [0.1, 0.15) is 5.82 Å². The lowest BCUT2D eigenvalue weighted by Gasteiger charge is -2.10. The first-order valence-electron chi connectivity index (χ1n) is 4.91. The molecule has 1 fully saturated rings. The summed E-state index contributed by atoms with van der Waals surface area (Å²) in [6.07, 6.45) is 2.16. The summed E-state index contributed by atoms with van der Waals surface area (Å²) in [6, 6.07) is 5.25. The fourth-order valence-electron chi connectivity index (χ4n) is 1.91. The monoisotopic (exact) mass is 257 g/mol. The van der Waals surface area contributed by atoms with Crippen molar-refractivity contribution in [2.75, 3.05) is 13.1 Å². The summed E-state index contributed by atoms with van der Waals surface area (Å²) in [7, 11) is 0. The molecule has 0 amide bonds. The zero-order valence-electron chi connectivity index (χ0n) is 7.89. The van der Waals surface area contributed by atoms with Gasteiger partial charge in [0.2, 0.25) is 0 Å². The highest BCUT2D eigenvalue weighted by atomic mass is 79.9. The molecule has 1 aliphatic rings. The Labute approximate surface area is 91.8 Å². The maximum Gasteiger partial charge on any atom is 0.137 e. The molecule has 76 valence electrons. The molecule has 0 radical (unpaired) electrons. The van der Waals surface area contributed by atoms with Crippen molar-refractivity contribution in [2.45, 2.75) is 12.8 Å². The van der Waals surface area contributed by atoms with Crippen molar-refractivity contribution in [3.8, 4) is 0 Å². The van der Waals surface area contributed by atoms with Gasteiger partial charge in [0.15, 0.2) is 0 Å². The Morgan fingerprint density at radius 3 is 3.07 bits per heavy atom. The average molecular weight is 258 g/mol. The average Bonchev–Trinajstić information content (AvgIpc) is 2.66. The molecule has 0 aliphatic carbocycles. The zero-order chi connectivity index (χ0) is 9.97. The van der Waals surface area contributed by atoms with Crippen LogP contribution in [0, 0.1) is 11.7 Å². The van der Waals surface area contributed by atoms with Crippen molar-refractivity contribution in [1.82, 2.24) is 5.32 Å². The van der Waals surface area contributed by atoms with Crippen molar-refractivity contribution >= 4 is 15.9 Å². The Hall–Kier alpha value is -0.410. The maximum atomic E-state index is 13.2. The van der Waals surface area contributed by atoms with Crippen molar-refractivity contribution in [3.63, 3.8) is 0 Å². The quantitative estimate of drug-likeness (QED) is 0.860. The second-order valence-corrected chi connectivity index (χ2v) is 4.57. The molecule has 1 N–H and O–H groups in total. The Morgan fingerprint density at radius 1 is 1.50 bits per heavy atom. The molecule has 1 aromatic rings. The molecule has 1 nitrogen and oxygen atoms in total. The van der Waals surface area contributed by atoms with Gasteiger partial charge in [-0.15, -0.1) is 0 Å². The number of hydrogen-bond acceptors (Lipinski definition) is 1. The normalized spacial score (nSPS) is 21.4. The van der Waals surface area contributed by atoms with Gasteiger partial charge in [-0.25, -0.2) is 4.39 Å². The van der Waals surface area contributed by atoms with E-state index < -0.39 is 0 Å². The minimum absolute atomic E-state index is 0.159. The van der Waals surface area contributed by atoms with Gasteiger partial charge in [0.25, 0.3) is 0 Å². The first-order valence-corrected chi connectivity index (χ1v) is 5.70. The third-order valence-corrected chi connectivity index (χ3v) is 3.59. The molecule has 0 spiro atoms. The summed E-state index contributed by atoms with van der Waals surface area (Å²) >= 11 is 3.29. The van der Waals surface area contributed by atoms with Crippen LogP contribution < -0.4 is 5.32 Å². The Balaban J connectivity index is 2.11. The molecule has 2 rings (SSSR count). The van der Waals surface area contributed by atoms with Crippen LogP contribution in [0.1, 0.15) is 12.0 Å². The van der Waals surface area contributed by atoms with Gasteiger partial charge in [-0.1, -0.05) is 12.1 Å². The summed E-state index contributed by atoms with van der Waals surface area (Å²) in [5.41, 5.74) is 1.08. The van der Waals surface area contributed by atoms with Gasteiger partial charge in [0.05, 0.1) is 4.47 Å². The number of halogens is 2. The molecule has 1 atom stereocenters. The highest BCUT2D eigenvalue weighted by molar-refractivity contribution is 9.10. The number of benzene rings is 1. The van der Waals surface area contributed by atoms with E-state index in [4.69, 9.17) is 0 Å². The van der Waals surface area contributed by atoms with E-state index in [1.54, 1.807) is 6.07 Å². The second kappa shape index (κ2) is 4.41. The van der Waals surface area contributed by atoms with E-state index in [0.29, 0.717) is 10.4 Å². The van der Waals surface area contributed by atoms with Crippen LogP contribution in [0.5, 0.6) is 0 Å². The van der Waals surface area contributed by atoms with Crippen molar-refractivity contribution < 1.29 is 4.39 Å². The van der Waals surface area contributed by atoms with E-state index in [9.17, 15) is 4.39 Å². The Kier molecular flexibility index (Phi) is 3.19. The third kappa shape index (κ3) is 2.15. The summed E-state index contributed by atoms with van der Waals surface area (Å²) in [6.45, 7) is 2.15. The van der Waals surface area contributed by atoms with E-state index >= 15 is 0 Å². The van der Waals surface area contributed by atoms with Crippen molar-refractivity contribution in [2.24, 2.45) is 5.92 Å². The van der Waals surface area contributed by atoms with E-state index in [2.05, 4.69) is 21.2 Å². The highest BCUT2D eigenvalue weighted by Gasteiger charge is 2.16. The van der Waals surface area contributed by atoms with Gasteiger partial charge in [0, 0.05) is 0 Å². The number of nitrogens with one attached hydrogen (secondary N) is 1. The van der Waals surface area contributed by atoms with Gasteiger partial charge in [-0.2, -0.15) is 0 Å². The van der Waals surface area contributed by atoms with Crippen LogP contribution in [0.2, 0.25) is 0 Å². The molecular weight excluding hydrogens is 245 g/mol. The zero-order valence-corrected chi connectivity index (χ0v) is 9.48. The molecule has 1 aliphatic heterocycles. The smallest absolute Gasteiger partial charge is 0.137 e. The van der Waals surface area contributed by atoms with Crippen LogP contribution in [-0.2, 0) is 6.42 Å². The van der Waals surface area contributed by atoms with Crippen LogP contribution in [0.25, 0.3) is 0 Å². The van der Waals surface area contributed by atoms with Gasteiger partial charge in [-0.3, -0.25) is 0 Å². The molecule has 1 saturated heterocycles. The van der Waals surface area contributed by atoms with Crippen LogP contribution in [0.4, 0.5) is 4.39 Å². The molecule has 1 heterocycles. The first kappa shape index (κ1) is 10.1. The van der Waals surface area contributed by atoms with E-state index in [1.165, 1.54) is 12.5 Å². The van der Waals surface area contributed by atoms with Crippen LogP contribution in [0.3, 0.4) is 0 Å². The highest BCUT2D eigenvalue weighted by Crippen LogP contribution is 2.24. The summed E-state index contributed by atoms with van der Waals surface area (Å²) in [4.78, 5) is 0. The van der Waals surface area contributed by atoms with Gasteiger partial charge in [-0.05, 0) is 59.4 Å². The van der Waals surface area contributed by atoms with E-state index in [-0.39, 0.29) is 5.82 Å². The lowest BCUT2D eigenvalue weighted by molar-refractivity contribution is 0.569. The van der Waals surface area contributed by atoms with Crippen molar-refractivity contribution in [3.05, 3.63) is 34.1 Å². The lowest BCUT2D eigenvalue weighted by Crippen LogP contribution is -2.11. The topological polar surface area (TPSA) is 12.0 Å². The van der Waals surface area contributed by atoms with Crippen molar-refractivity contribution in [1.29, 1.82) is 0 Å². The minimum atomic E-state index is -0.159. The third-order valence-electron chi connectivity index (χ3n) is 2.70. The van der Waals surface area contributed by atoms with Gasteiger partial charge >= 0.3 is 0 Å². The lowest BCUT2D eigenvalue weighted by atomic mass is 9.99.